The number of hydrogen-bond donors (Lipinski definition) is 1. The van der Waals surface area contributed by atoms with Crippen LogP contribution < -0.4 is 10.1 Å². The van der Waals surface area contributed by atoms with E-state index in [-0.39, 0.29) is 0 Å². The van der Waals surface area contributed by atoms with Crippen LogP contribution in [0.2, 0.25) is 5.02 Å². The standard InChI is InChI=1S/C22H20ClN3OS/c1-13(2)14-4-6-15(7-5-14)17-11-28-22-20(17)21(24-12-25-22)26-18-10-16(23)8-9-19(18)27-3/h4-13H,1-3H3,(H,24,25,26). The molecule has 2 aromatic heterocycles. The van der Waals surface area contributed by atoms with Crippen LogP contribution in [0.15, 0.2) is 54.2 Å². The molecule has 0 saturated carbocycles. The highest BCUT2D eigenvalue weighted by molar-refractivity contribution is 7.17. The molecular weight excluding hydrogens is 390 g/mol. The number of nitrogens with one attached hydrogen (secondary N) is 1. The number of benzene rings is 2. The van der Waals surface area contributed by atoms with E-state index in [0.29, 0.717) is 16.7 Å². The number of rotatable bonds is 5. The fourth-order valence-electron chi connectivity index (χ4n) is 3.14. The summed E-state index contributed by atoms with van der Waals surface area (Å²) in [5.74, 6) is 1.94. The fourth-order valence-corrected chi connectivity index (χ4v) is 4.22. The molecule has 142 valence electrons. The molecule has 0 aliphatic carbocycles. The molecule has 4 rings (SSSR count). The van der Waals surface area contributed by atoms with Crippen molar-refractivity contribution < 1.29 is 4.74 Å². The number of ether oxygens (including phenoxy) is 1. The van der Waals surface area contributed by atoms with E-state index in [1.807, 2.05) is 12.1 Å². The van der Waals surface area contributed by atoms with E-state index in [4.69, 9.17) is 16.3 Å². The Bertz CT molecular complexity index is 1120. The summed E-state index contributed by atoms with van der Waals surface area (Å²) in [7, 11) is 1.64. The van der Waals surface area contributed by atoms with Crippen LogP contribution in [-0.2, 0) is 0 Å². The Hall–Kier alpha value is -2.63. The first-order valence-corrected chi connectivity index (χ1v) is 10.3. The molecule has 2 aromatic carbocycles. The van der Waals surface area contributed by atoms with Gasteiger partial charge in [0.15, 0.2) is 0 Å². The largest absolute Gasteiger partial charge is 0.495 e. The highest BCUT2D eigenvalue weighted by Gasteiger charge is 2.15. The van der Waals surface area contributed by atoms with Crippen LogP contribution in [0.25, 0.3) is 21.3 Å². The molecule has 0 aliphatic rings. The molecule has 2 heterocycles. The average Bonchev–Trinajstić information content (AvgIpc) is 3.13. The van der Waals surface area contributed by atoms with Crippen LogP contribution in [0.5, 0.6) is 5.75 Å². The Morgan fingerprint density at radius 3 is 2.57 bits per heavy atom. The molecule has 0 radical (unpaired) electrons. The van der Waals surface area contributed by atoms with Crippen LogP contribution in [-0.4, -0.2) is 17.1 Å². The van der Waals surface area contributed by atoms with Crippen molar-refractivity contribution in [3.8, 4) is 16.9 Å². The number of anilines is 2. The molecule has 0 aliphatic heterocycles. The first kappa shape index (κ1) is 18.7. The van der Waals surface area contributed by atoms with Crippen molar-refractivity contribution in [2.45, 2.75) is 19.8 Å². The minimum atomic E-state index is 0.504. The summed E-state index contributed by atoms with van der Waals surface area (Å²) in [5, 5.41) is 7.13. The van der Waals surface area contributed by atoms with Crippen LogP contribution >= 0.6 is 22.9 Å². The van der Waals surface area contributed by atoms with E-state index >= 15 is 0 Å². The average molecular weight is 410 g/mol. The van der Waals surface area contributed by atoms with E-state index in [2.05, 4.69) is 58.8 Å². The molecule has 0 unspecified atom stereocenters. The number of fused-ring (bicyclic) bond motifs is 1. The van der Waals surface area contributed by atoms with Gasteiger partial charge in [-0.2, -0.15) is 0 Å². The molecule has 6 heteroatoms. The van der Waals surface area contributed by atoms with Crippen molar-refractivity contribution in [2.75, 3.05) is 12.4 Å². The summed E-state index contributed by atoms with van der Waals surface area (Å²) in [4.78, 5) is 9.87. The Morgan fingerprint density at radius 2 is 1.86 bits per heavy atom. The van der Waals surface area contributed by atoms with Crippen molar-refractivity contribution in [3.63, 3.8) is 0 Å². The van der Waals surface area contributed by atoms with Crippen molar-refractivity contribution >= 4 is 44.7 Å². The number of thiophene rings is 1. The topological polar surface area (TPSA) is 47.0 Å². The minimum absolute atomic E-state index is 0.504. The molecule has 0 saturated heterocycles. The predicted molar refractivity (Wildman–Crippen MR) is 118 cm³/mol. The lowest BCUT2D eigenvalue weighted by atomic mass is 9.99. The summed E-state index contributed by atoms with van der Waals surface area (Å²) < 4.78 is 5.45. The SMILES string of the molecule is COc1ccc(Cl)cc1Nc1ncnc2scc(-c3ccc(C(C)C)cc3)c12. The molecule has 4 nitrogen and oxygen atoms in total. The molecule has 0 bridgehead atoms. The third-order valence-corrected chi connectivity index (χ3v) is 5.79. The Balaban J connectivity index is 1.80. The van der Waals surface area contributed by atoms with Gasteiger partial charge < -0.3 is 10.1 Å². The zero-order valence-corrected chi connectivity index (χ0v) is 17.4. The van der Waals surface area contributed by atoms with Gasteiger partial charge in [0.25, 0.3) is 0 Å². The van der Waals surface area contributed by atoms with Crippen molar-refractivity contribution in [3.05, 3.63) is 64.8 Å². The second-order valence-corrected chi connectivity index (χ2v) is 8.09. The van der Waals surface area contributed by atoms with Gasteiger partial charge in [-0.3, -0.25) is 0 Å². The number of hydrogen-bond acceptors (Lipinski definition) is 5. The second kappa shape index (κ2) is 7.78. The summed E-state index contributed by atoms with van der Waals surface area (Å²) in [6.07, 6.45) is 1.57. The summed E-state index contributed by atoms with van der Waals surface area (Å²) in [6, 6.07) is 14.1. The first-order chi connectivity index (χ1) is 13.6. The predicted octanol–water partition coefficient (Wildman–Crippen LogP) is 6.89. The van der Waals surface area contributed by atoms with Crippen molar-refractivity contribution in [2.24, 2.45) is 0 Å². The first-order valence-electron chi connectivity index (χ1n) is 9.00. The van der Waals surface area contributed by atoms with Gasteiger partial charge in [-0.25, -0.2) is 9.97 Å². The Morgan fingerprint density at radius 1 is 1.07 bits per heavy atom. The summed E-state index contributed by atoms with van der Waals surface area (Å²) >= 11 is 7.79. The Labute approximate surface area is 173 Å². The van der Waals surface area contributed by atoms with Crippen LogP contribution in [0.4, 0.5) is 11.5 Å². The van der Waals surface area contributed by atoms with Crippen molar-refractivity contribution in [1.29, 1.82) is 0 Å². The number of methoxy groups -OCH3 is 1. The highest BCUT2D eigenvalue weighted by Crippen LogP contribution is 2.39. The third kappa shape index (κ3) is 3.55. The summed E-state index contributed by atoms with van der Waals surface area (Å²) in [6.45, 7) is 4.40. The maximum absolute atomic E-state index is 6.18. The lowest BCUT2D eigenvalue weighted by Crippen LogP contribution is -1.98. The van der Waals surface area contributed by atoms with Crippen LogP contribution in [0, 0.1) is 0 Å². The van der Waals surface area contributed by atoms with E-state index in [1.54, 1.807) is 30.8 Å². The van der Waals surface area contributed by atoms with Crippen molar-refractivity contribution in [1.82, 2.24) is 9.97 Å². The second-order valence-electron chi connectivity index (χ2n) is 6.80. The zero-order valence-electron chi connectivity index (χ0n) is 15.9. The number of halogens is 1. The van der Waals surface area contributed by atoms with Gasteiger partial charge in [-0.05, 0) is 35.2 Å². The van der Waals surface area contributed by atoms with E-state index < -0.39 is 0 Å². The smallest absolute Gasteiger partial charge is 0.143 e. The highest BCUT2D eigenvalue weighted by atomic mass is 35.5. The molecule has 0 atom stereocenters. The Kier molecular flexibility index (Phi) is 5.20. The molecule has 28 heavy (non-hydrogen) atoms. The molecule has 0 spiro atoms. The fraction of sp³-hybridized carbons (Fsp3) is 0.182. The number of nitrogens with zero attached hydrogens (tertiary/aromatic N) is 2. The molecule has 4 aromatic rings. The zero-order chi connectivity index (χ0) is 19.7. The maximum Gasteiger partial charge on any atom is 0.143 e. The van der Waals surface area contributed by atoms with Gasteiger partial charge in [-0.15, -0.1) is 11.3 Å². The van der Waals surface area contributed by atoms with E-state index in [0.717, 1.165) is 32.8 Å². The third-order valence-electron chi connectivity index (χ3n) is 4.67. The molecule has 0 fully saturated rings. The molecule has 0 amide bonds. The van der Waals surface area contributed by atoms with E-state index in [1.165, 1.54) is 5.56 Å². The van der Waals surface area contributed by atoms with Crippen LogP contribution in [0.1, 0.15) is 25.3 Å². The molecule has 1 N–H and O–H groups in total. The van der Waals surface area contributed by atoms with Gasteiger partial charge in [0, 0.05) is 16.0 Å². The maximum atomic E-state index is 6.18. The lowest BCUT2D eigenvalue weighted by molar-refractivity contribution is 0.417. The van der Waals surface area contributed by atoms with Gasteiger partial charge in [-0.1, -0.05) is 49.7 Å². The monoisotopic (exact) mass is 409 g/mol. The summed E-state index contributed by atoms with van der Waals surface area (Å²) in [5.41, 5.74) is 4.34. The normalized spacial score (nSPS) is 11.2. The van der Waals surface area contributed by atoms with Gasteiger partial charge in [0.1, 0.15) is 22.7 Å². The lowest BCUT2D eigenvalue weighted by Gasteiger charge is -2.12. The van der Waals surface area contributed by atoms with Gasteiger partial charge in [0.05, 0.1) is 18.2 Å². The molecular formula is C22H20ClN3OS. The number of aromatic nitrogens is 2. The van der Waals surface area contributed by atoms with Crippen LogP contribution in [0.3, 0.4) is 0 Å². The quantitative estimate of drug-likeness (QED) is 0.390. The van der Waals surface area contributed by atoms with Gasteiger partial charge in [0.2, 0.25) is 0 Å². The minimum Gasteiger partial charge on any atom is -0.495 e. The van der Waals surface area contributed by atoms with Gasteiger partial charge >= 0.3 is 0 Å². The van der Waals surface area contributed by atoms with E-state index in [9.17, 15) is 0 Å².